The van der Waals surface area contributed by atoms with Crippen LogP contribution in [-0.4, -0.2) is 24.9 Å². The Bertz CT molecular complexity index is 1320. The number of carbonyl (C=O) groups is 1. The molecule has 1 atom stereocenters. The summed E-state index contributed by atoms with van der Waals surface area (Å²) in [6.07, 6.45) is 4.07. The zero-order valence-electron chi connectivity index (χ0n) is 17.3. The number of nitro groups is 1. The molecule has 0 fully saturated rings. The van der Waals surface area contributed by atoms with Crippen LogP contribution in [0.2, 0.25) is 0 Å². The van der Waals surface area contributed by atoms with Crippen molar-refractivity contribution in [1.29, 1.82) is 0 Å². The van der Waals surface area contributed by atoms with Gasteiger partial charge in [0.15, 0.2) is 5.58 Å². The van der Waals surface area contributed by atoms with Crippen LogP contribution in [0.5, 0.6) is 0 Å². The molecule has 0 spiro atoms. The van der Waals surface area contributed by atoms with E-state index in [1.807, 2.05) is 48.1 Å². The molecule has 0 saturated heterocycles. The molecular weight excluding hydrogens is 414 g/mol. The largest absolute Gasteiger partial charge is 0.419 e. The van der Waals surface area contributed by atoms with Gasteiger partial charge in [-0.3, -0.25) is 19.5 Å². The van der Waals surface area contributed by atoms with Gasteiger partial charge in [0.05, 0.1) is 16.5 Å². The first-order valence-electron chi connectivity index (χ1n) is 10.0. The minimum atomic E-state index is -0.615. The number of aryl methyl sites for hydroxylation is 2. The van der Waals surface area contributed by atoms with Crippen molar-refractivity contribution in [2.24, 2.45) is 7.05 Å². The number of carbonyl (C=O) groups excluding carboxylic acids is 1. The lowest BCUT2D eigenvalue weighted by Crippen LogP contribution is -2.31. The number of amides is 1. The van der Waals surface area contributed by atoms with E-state index in [1.165, 1.54) is 22.8 Å². The molecule has 164 valence electrons. The smallest absolute Gasteiger partial charge is 0.407 e. The Morgan fingerprint density at radius 2 is 2.03 bits per heavy atom. The molecule has 10 heteroatoms. The monoisotopic (exact) mass is 435 g/mol. The number of oxazole rings is 1. The molecule has 1 unspecified atom stereocenters. The molecule has 2 heterocycles. The lowest BCUT2D eigenvalue weighted by atomic mass is 10.1. The van der Waals surface area contributed by atoms with Crippen LogP contribution in [0.4, 0.5) is 5.69 Å². The van der Waals surface area contributed by atoms with Crippen molar-refractivity contribution in [3.05, 3.63) is 93.0 Å². The fourth-order valence-electron chi connectivity index (χ4n) is 3.61. The normalized spacial score (nSPS) is 12.0. The first-order valence-corrected chi connectivity index (χ1v) is 10.0. The first-order chi connectivity index (χ1) is 15.4. The standard InChI is InChI=1S/C22H21N5O5/c1-25-13-11-23-21(25)20(15-6-3-2-4-7-15)24-19(28)8-5-12-26-17-10-9-16(27(30)31)14-18(17)32-22(26)29/h2-4,6-7,9-11,13-14,20H,5,8,12H2,1H3,(H,24,28). The van der Waals surface area contributed by atoms with E-state index >= 15 is 0 Å². The van der Waals surface area contributed by atoms with E-state index in [1.54, 1.807) is 6.20 Å². The third-order valence-electron chi connectivity index (χ3n) is 5.20. The van der Waals surface area contributed by atoms with E-state index in [9.17, 15) is 19.7 Å². The highest BCUT2D eigenvalue weighted by Crippen LogP contribution is 2.22. The predicted octanol–water partition coefficient (Wildman–Crippen LogP) is 2.92. The van der Waals surface area contributed by atoms with Crippen molar-refractivity contribution >= 4 is 22.7 Å². The topological polar surface area (TPSA) is 125 Å². The van der Waals surface area contributed by atoms with E-state index in [2.05, 4.69) is 10.3 Å². The Kier molecular flexibility index (Phi) is 5.84. The Morgan fingerprint density at radius 1 is 1.25 bits per heavy atom. The van der Waals surface area contributed by atoms with Crippen molar-refractivity contribution < 1.29 is 14.1 Å². The Labute approximate surface area is 182 Å². The predicted molar refractivity (Wildman–Crippen MR) is 116 cm³/mol. The molecule has 0 saturated carbocycles. The average Bonchev–Trinajstić information content (AvgIpc) is 3.34. The number of aromatic nitrogens is 3. The minimum absolute atomic E-state index is 0.146. The van der Waals surface area contributed by atoms with Gasteiger partial charge in [0, 0.05) is 38.5 Å². The van der Waals surface area contributed by atoms with Gasteiger partial charge in [-0.15, -0.1) is 0 Å². The van der Waals surface area contributed by atoms with Crippen molar-refractivity contribution in [1.82, 2.24) is 19.4 Å². The summed E-state index contributed by atoms with van der Waals surface area (Å²) in [7, 11) is 1.87. The van der Waals surface area contributed by atoms with Gasteiger partial charge in [-0.2, -0.15) is 0 Å². The van der Waals surface area contributed by atoms with Crippen LogP contribution in [0.15, 0.2) is 70.1 Å². The van der Waals surface area contributed by atoms with Gasteiger partial charge < -0.3 is 14.3 Å². The summed E-state index contributed by atoms with van der Waals surface area (Å²) in [5.74, 6) is -0.0855. The zero-order valence-corrected chi connectivity index (χ0v) is 17.3. The number of benzene rings is 2. The maximum absolute atomic E-state index is 12.7. The summed E-state index contributed by atoms with van der Waals surface area (Å²) in [4.78, 5) is 39.6. The molecule has 0 aliphatic carbocycles. The number of non-ortho nitro benzene ring substituents is 1. The van der Waals surface area contributed by atoms with E-state index in [4.69, 9.17) is 4.42 Å². The maximum atomic E-state index is 12.7. The van der Waals surface area contributed by atoms with E-state index in [0.29, 0.717) is 17.8 Å². The van der Waals surface area contributed by atoms with Crippen molar-refractivity contribution in [3.63, 3.8) is 0 Å². The Morgan fingerprint density at radius 3 is 2.72 bits per heavy atom. The number of hydrogen-bond donors (Lipinski definition) is 1. The summed E-state index contributed by atoms with van der Waals surface area (Å²) in [5, 5.41) is 13.9. The highest BCUT2D eigenvalue weighted by molar-refractivity contribution is 5.77. The molecule has 1 N–H and O–H groups in total. The van der Waals surface area contributed by atoms with Gasteiger partial charge in [-0.1, -0.05) is 30.3 Å². The molecule has 32 heavy (non-hydrogen) atoms. The number of nitro benzene ring substituents is 1. The van der Waals surface area contributed by atoms with Crippen LogP contribution in [-0.2, 0) is 18.4 Å². The number of fused-ring (bicyclic) bond motifs is 1. The summed E-state index contributed by atoms with van der Waals surface area (Å²) in [6.45, 7) is 0.246. The summed E-state index contributed by atoms with van der Waals surface area (Å²) in [6, 6.07) is 13.2. The van der Waals surface area contributed by atoms with E-state index in [-0.39, 0.29) is 30.1 Å². The van der Waals surface area contributed by atoms with Crippen LogP contribution >= 0.6 is 0 Å². The van der Waals surface area contributed by atoms with Gasteiger partial charge in [0.1, 0.15) is 11.9 Å². The molecule has 0 aliphatic heterocycles. The van der Waals surface area contributed by atoms with Crippen LogP contribution < -0.4 is 11.1 Å². The van der Waals surface area contributed by atoms with Crippen LogP contribution in [0.3, 0.4) is 0 Å². The van der Waals surface area contributed by atoms with Crippen LogP contribution in [0.25, 0.3) is 11.1 Å². The maximum Gasteiger partial charge on any atom is 0.419 e. The van der Waals surface area contributed by atoms with Gasteiger partial charge in [0.2, 0.25) is 5.91 Å². The quantitative estimate of drug-likeness (QED) is 0.335. The second-order valence-corrected chi connectivity index (χ2v) is 7.34. The molecule has 0 aliphatic rings. The molecular formula is C22H21N5O5. The minimum Gasteiger partial charge on any atom is -0.407 e. The molecule has 4 aromatic rings. The molecule has 0 radical (unpaired) electrons. The van der Waals surface area contributed by atoms with Gasteiger partial charge in [-0.25, -0.2) is 9.78 Å². The third kappa shape index (κ3) is 4.29. The number of nitrogens with one attached hydrogen (secondary N) is 1. The fraction of sp³-hybridized carbons (Fsp3) is 0.227. The highest BCUT2D eigenvalue weighted by Gasteiger charge is 2.20. The Balaban J connectivity index is 1.44. The van der Waals surface area contributed by atoms with Crippen LogP contribution in [0, 0.1) is 10.1 Å². The molecule has 10 nitrogen and oxygen atoms in total. The summed E-state index contributed by atoms with van der Waals surface area (Å²) < 4.78 is 8.35. The van der Waals surface area contributed by atoms with Crippen molar-refractivity contribution in [2.75, 3.05) is 0 Å². The van der Waals surface area contributed by atoms with Gasteiger partial charge in [-0.05, 0) is 18.1 Å². The SMILES string of the molecule is Cn1ccnc1C(NC(=O)CCCn1c(=O)oc2cc([N+](=O)[O-])ccc21)c1ccccc1. The van der Waals surface area contributed by atoms with E-state index < -0.39 is 16.7 Å². The number of hydrogen-bond acceptors (Lipinski definition) is 6. The molecule has 0 bridgehead atoms. The van der Waals surface area contributed by atoms with Crippen LogP contribution in [0.1, 0.15) is 30.3 Å². The second kappa shape index (κ2) is 8.88. The zero-order chi connectivity index (χ0) is 22.7. The lowest BCUT2D eigenvalue weighted by Gasteiger charge is -2.19. The third-order valence-corrected chi connectivity index (χ3v) is 5.20. The second-order valence-electron chi connectivity index (χ2n) is 7.34. The van der Waals surface area contributed by atoms with Gasteiger partial charge in [0.25, 0.3) is 5.69 Å². The average molecular weight is 435 g/mol. The molecule has 2 aromatic heterocycles. The molecule has 4 rings (SSSR count). The number of nitrogens with zero attached hydrogens (tertiary/aromatic N) is 4. The number of imidazole rings is 1. The lowest BCUT2D eigenvalue weighted by molar-refractivity contribution is -0.384. The highest BCUT2D eigenvalue weighted by atomic mass is 16.6. The summed E-state index contributed by atoms with van der Waals surface area (Å²) >= 11 is 0. The first kappa shape index (κ1) is 21.0. The van der Waals surface area contributed by atoms with Gasteiger partial charge >= 0.3 is 5.76 Å². The number of rotatable bonds is 8. The summed E-state index contributed by atoms with van der Waals surface area (Å²) in [5.41, 5.74) is 1.36. The molecule has 2 aromatic carbocycles. The molecule has 1 amide bonds. The van der Waals surface area contributed by atoms with Crippen molar-refractivity contribution in [2.45, 2.75) is 25.4 Å². The fourth-order valence-corrected chi connectivity index (χ4v) is 3.61. The van der Waals surface area contributed by atoms with Crippen molar-refractivity contribution in [3.8, 4) is 0 Å². The Hall–Kier alpha value is -4.21. The van der Waals surface area contributed by atoms with E-state index in [0.717, 1.165) is 5.56 Å².